The standard InChI is InChI=1S/C15H21N3O3S2.2ClH/c1-21-15(20)11(5-7-22-2)17-13(19)12-9-23-14(18-12)10-4-3-6-16-8-10;;/h3-4,6,8,11-12,14,18H,5,7,9H2,1-2H3,(H,17,19);2*1H/t11-,12?,14?;;/m0../s1. The van der Waals surface area contributed by atoms with Gasteiger partial charge in [-0.3, -0.25) is 15.1 Å². The summed E-state index contributed by atoms with van der Waals surface area (Å²) in [5.41, 5.74) is 1.04. The Labute approximate surface area is 168 Å². The number of halogens is 2. The first-order chi connectivity index (χ1) is 11.2. The number of hydrogen-bond acceptors (Lipinski definition) is 7. The minimum Gasteiger partial charge on any atom is -0.467 e. The van der Waals surface area contributed by atoms with Gasteiger partial charge in [0.1, 0.15) is 6.04 Å². The quantitative estimate of drug-likeness (QED) is 0.644. The van der Waals surface area contributed by atoms with Crippen molar-refractivity contribution >= 4 is 60.2 Å². The van der Waals surface area contributed by atoms with E-state index < -0.39 is 12.0 Å². The minimum atomic E-state index is -0.593. The first kappa shape index (κ1) is 24.3. The van der Waals surface area contributed by atoms with Gasteiger partial charge in [0, 0.05) is 18.1 Å². The number of esters is 1. The molecule has 0 aliphatic carbocycles. The maximum Gasteiger partial charge on any atom is 0.328 e. The molecule has 142 valence electrons. The maximum atomic E-state index is 12.4. The number of methoxy groups -OCH3 is 1. The average Bonchev–Trinajstić information content (AvgIpc) is 3.08. The van der Waals surface area contributed by atoms with Gasteiger partial charge in [0.05, 0.1) is 18.5 Å². The summed E-state index contributed by atoms with van der Waals surface area (Å²) in [5.74, 6) is 0.870. The highest BCUT2D eigenvalue weighted by Crippen LogP contribution is 2.32. The Morgan fingerprint density at radius 2 is 2.28 bits per heavy atom. The van der Waals surface area contributed by atoms with E-state index in [1.807, 2.05) is 18.4 Å². The first-order valence-corrected chi connectivity index (χ1v) is 9.74. The summed E-state index contributed by atoms with van der Waals surface area (Å²) >= 11 is 3.29. The van der Waals surface area contributed by atoms with Crippen LogP contribution in [-0.4, -0.2) is 53.8 Å². The third kappa shape index (κ3) is 7.22. The third-order valence-corrected chi connectivity index (χ3v) is 5.41. The number of carbonyl (C=O) groups is 2. The number of pyridine rings is 1. The van der Waals surface area contributed by atoms with E-state index in [2.05, 4.69) is 15.6 Å². The summed E-state index contributed by atoms with van der Waals surface area (Å²) in [4.78, 5) is 28.3. The van der Waals surface area contributed by atoms with Crippen molar-refractivity contribution in [3.8, 4) is 0 Å². The van der Waals surface area contributed by atoms with E-state index >= 15 is 0 Å². The molecule has 1 aliphatic rings. The topological polar surface area (TPSA) is 80.3 Å². The van der Waals surface area contributed by atoms with Crippen LogP contribution in [0.3, 0.4) is 0 Å². The van der Waals surface area contributed by atoms with Crippen LogP contribution in [0, 0.1) is 0 Å². The van der Waals surface area contributed by atoms with Crippen molar-refractivity contribution in [3.63, 3.8) is 0 Å². The monoisotopic (exact) mass is 427 g/mol. The maximum absolute atomic E-state index is 12.4. The van der Waals surface area contributed by atoms with Crippen LogP contribution in [0.5, 0.6) is 0 Å². The molecule has 1 amide bonds. The molecule has 0 radical (unpaired) electrons. The zero-order valence-corrected chi connectivity index (χ0v) is 17.2. The summed E-state index contributed by atoms with van der Waals surface area (Å²) < 4.78 is 4.77. The minimum absolute atomic E-state index is 0. The average molecular weight is 428 g/mol. The fraction of sp³-hybridized carbons (Fsp3) is 0.533. The van der Waals surface area contributed by atoms with E-state index in [0.29, 0.717) is 12.2 Å². The number of aromatic nitrogens is 1. The smallest absolute Gasteiger partial charge is 0.328 e. The molecule has 1 aromatic heterocycles. The van der Waals surface area contributed by atoms with Gasteiger partial charge in [-0.2, -0.15) is 11.8 Å². The molecule has 10 heteroatoms. The van der Waals surface area contributed by atoms with E-state index in [9.17, 15) is 9.59 Å². The van der Waals surface area contributed by atoms with Crippen molar-refractivity contribution in [1.29, 1.82) is 0 Å². The van der Waals surface area contributed by atoms with Crippen molar-refractivity contribution in [1.82, 2.24) is 15.6 Å². The molecular weight excluding hydrogens is 405 g/mol. The normalized spacial score (nSPS) is 19.9. The highest BCUT2D eigenvalue weighted by Gasteiger charge is 2.32. The zero-order chi connectivity index (χ0) is 16.7. The number of amides is 1. The van der Waals surface area contributed by atoms with Crippen molar-refractivity contribution in [2.75, 3.05) is 24.9 Å². The van der Waals surface area contributed by atoms with Gasteiger partial charge in [0.25, 0.3) is 0 Å². The predicted molar refractivity (Wildman–Crippen MR) is 108 cm³/mol. The van der Waals surface area contributed by atoms with Gasteiger partial charge in [0.15, 0.2) is 0 Å². The van der Waals surface area contributed by atoms with Gasteiger partial charge < -0.3 is 10.1 Å². The SMILES string of the molecule is COC(=O)[C@H](CCSC)NC(=O)C1CSC(c2cccnc2)N1.Cl.Cl. The lowest BCUT2D eigenvalue weighted by atomic mass is 10.2. The molecule has 3 atom stereocenters. The summed E-state index contributed by atoms with van der Waals surface area (Å²) in [7, 11) is 1.34. The molecule has 1 saturated heterocycles. The second kappa shape index (κ2) is 12.6. The van der Waals surface area contributed by atoms with E-state index in [-0.39, 0.29) is 42.1 Å². The molecule has 2 unspecified atom stereocenters. The molecular formula is C15H23Cl2N3O3S2. The van der Waals surface area contributed by atoms with Crippen LogP contribution in [0.1, 0.15) is 17.4 Å². The Morgan fingerprint density at radius 1 is 1.52 bits per heavy atom. The highest BCUT2D eigenvalue weighted by atomic mass is 35.5. The molecule has 0 aromatic carbocycles. The molecule has 1 aliphatic heterocycles. The van der Waals surface area contributed by atoms with E-state index in [4.69, 9.17) is 4.74 Å². The molecule has 0 spiro atoms. The van der Waals surface area contributed by atoms with Gasteiger partial charge in [-0.15, -0.1) is 36.6 Å². The van der Waals surface area contributed by atoms with Crippen LogP contribution in [0.4, 0.5) is 0 Å². The Balaban J connectivity index is 0.00000288. The summed E-state index contributed by atoms with van der Waals surface area (Å²) in [5, 5.41) is 6.12. The molecule has 1 aromatic rings. The first-order valence-electron chi connectivity index (χ1n) is 7.30. The number of carbonyl (C=O) groups excluding carboxylic acids is 2. The molecule has 2 heterocycles. The molecule has 2 N–H and O–H groups in total. The molecule has 25 heavy (non-hydrogen) atoms. The summed E-state index contributed by atoms with van der Waals surface area (Å²) in [6, 6.07) is 2.93. The van der Waals surface area contributed by atoms with Gasteiger partial charge in [-0.25, -0.2) is 4.79 Å². The fourth-order valence-electron chi connectivity index (χ4n) is 2.25. The highest BCUT2D eigenvalue weighted by molar-refractivity contribution is 7.99. The predicted octanol–water partition coefficient (Wildman–Crippen LogP) is 2.04. The van der Waals surface area contributed by atoms with E-state index in [1.54, 1.807) is 35.9 Å². The van der Waals surface area contributed by atoms with Gasteiger partial charge in [0.2, 0.25) is 5.91 Å². The number of ether oxygens (including phenoxy) is 1. The molecule has 6 nitrogen and oxygen atoms in total. The Kier molecular flexibility index (Phi) is 12.3. The second-order valence-corrected chi connectivity index (χ2v) is 7.21. The number of thioether (sulfide) groups is 2. The summed E-state index contributed by atoms with van der Waals surface area (Å²) in [6.07, 6.45) is 6.04. The Morgan fingerprint density at radius 3 is 2.88 bits per heavy atom. The van der Waals surface area contributed by atoms with Crippen LogP contribution < -0.4 is 10.6 Å². The lowest BCUT2D eigenvalue weighted by Gasteiger charge is -2.19. The molecule has 2 rings (SSSR count). The number of nitrogens with zero attached hydrogens (tertiary/aromatic N) is 1. The fourth-order valence-corrected chi connectivity index (χ4v) is 3.94. The number of hydrogen-bond donors (Lipinski definition) is 2. The third-order valence-electron chi connectivity index (χ3n) is 3.50. The van der Waals surface area contributed by atoms with E-state index in [0.717, 1.165) is 11.3 Å². The lowest BCUT2D eigenvalue weighted by molar-refractivity contribution is -0.145. The van der Waals surface area contributed by atoms with Crippen molar-refractivity contribution in [2.24, 2.45) is 0 Å². The van der Waals surface area contributed by atoms with Crippen LogP contribution in [-0.2, 0) is 14.3 Å². The Hall–Kier alpha value is -0.670. The van der Waals surface area contributed by atoms with Gasteiger partial charge >= 0.3 is 5.97 Å². The van der Waals surface area contributed by atoms with Crippen molar-refractivity contribution < 1.29 is 14.3 Å². The van der Waals surface area contributed by atoms with E-state index in [1.165, 1.54) is 7.11 Å². The van der Waals surface area contributed by atoms with Crippen LogP contribution in [0.25, 0.3) is 0 Å². The molecule has 0 bridgehead atoms. The number of rotatable bonds is 7. The largest absolute Gasteiger partial charge is 0.467 e. The zero-order valence-electron chi connectivity index (χ0n) is 14.0. The van der Waals surface area contributed by atoms with Crippen LogP contribution >= 0.6 is 48.3 Å². The molecule has 0 saturated carbocycles. The number of nitrogens with one attached hydrogen (secondary N) is 2. The molecule has 1 fully saturated rings. The van der Waals surface area contributed by atoms with Crippen LogP contribution in [0.2, 0.25) is 0 Å². The summed E-state index contributed by atoms with van der Waals surface area (Å²) in [6.45, 7) is 0. The second-order valence-electron chi connectivity index (χ2n) is 5.08. The van der Waals surface area contributed by atoms with Crippen molar-refractivity contribution in [2.45, 2.75) is 23.9 Å². The van der Waals surface area contributed by atoms with Crippen LogP contribution in [0.15, 0.2) is 24.5 Å². The lowest BCUT2D eigenvalue weighted by Crippen LogP contribution is -2.49. The van der Waals surface area contributed by atoms with Gasteiger partial charge in [-0.05, 0) is 30.1 Å². The van der Waals surface area contributed by atoms with Gasteiger partial charge in [-0.1, -0.05) is 6.07 Å². The van der Waals surface area contributed by atoms with Crippen molar-refractivity contribution in [3.05, 3.63) is 30.1 Å². The Bertz CT molecular complexity index is 540.